The molecule has 0 spiro atoms. The van der Waals surface area contributed by atoms with Crippen molar-refractivity contribution in [2.45, 2.75) is 26.4 Å². The Morgan fingerprint density at radius 1 is 1.33 bits per heavy atom. The minimum absolute atomic E-state index is 0.409. The van der Waals surface area contributed by atoms with Crippen LogP contribution in [0.1, 0.15) is 19.5 Å². The molecule has 0 saturated heterocycles. The van der Waals surface area contributed by atoms with Crippen LogP contribution in [0.2, 0.25) is 0 Å². The summed E-state index contributed by atoms with van der Waals surface area (Å²) in [5.74, 6) is 1.56. The number of benzene rings is 1. The summed E-state index contributed by atoms with van der Waals surface area (Å²) in [5, 5.41) is 3.33. The maximum absolute atomic E-state index is 5.49. The predicted molar refractivity (Wildman–Crippen MR) is 70.5 cm³/mol. The average molecular weight is 246 g/mol. The van der Waals surface area contributed by atoms with Gasteiger partial charge in [-0.3, -0.25) is 0 Å². The van der Waals surface area contributed by atoms with E-state index < -0.39 is 0 Å². The molecule has 18 heavy (non-hydrogen) atoms. The minimum Gasteiger partial charge on any atom is -0.496 e. The standard InChI is InChI=1S/C14H18N2O2/c1-10(2)15-8-12-14(18-9-16-12)11-6-4-5-7-13(11)17-3/h4-7,9-10,15H,8H2,1-3H3. The molecular weight excluding hydrogens is 228 g/mol. The minimum atomic E-state index is 0.409. The highest BCUT2D eigenvalue weighted by molar-refractivity contribution is 5.67. The van der Waals surface area contributed by atoms with Gasteiger partial charge in [-0.2, -0.15) is 0 Å². The van der Waals surface area contributed by atoms with Gasteiger partial charge in [-0.25, -0.2) is 4.98 Å². The Balaban J connectivity index is 2.30. The molecule has 0 aliphatic heterocycles. The second-order valence-electron chi connectivity index (χ2n) is 4.36. The molecule has 96 valence electrons. The van der Waals surface area contributed by atoms with Crippen LogP contribution in [0.4, 0.5) is 0 Å². The summed E-state index contributed by atoms with van der Waals surface area (Å²) >= 11 is 0. The van der Waals surface area contributed by atoms with Crippen LogP contribution < -0.4 is 10.1 Å². The van der Waals surface area contributed by atoms with Crippen molar-refractivity contribution in [3.8, 4) is 17.1 Å². The van der Waals surface area contributed by atoms with Crippen molar-refractivity contribution in [2.24, 2.45) is 0 Å². The lowest BCUT2D eigenvalue weighted by Crippen LogP contribution is -2.22. The molecular formula is C14H18N2O2. The maximum atomic E-state index is 5.49. The Bertz CT molecular complexity index is 506. The van der Waals surface area contributed by atoms with Crippen molar-refractivity contribution in [1.82, 2.24) is 10.3 Å². The van der Waals surface area contributed by atoms with E-state index in [1.807, 2.05) is 24.3 Å². The lowest BCUT2D eigenvalue weighted by Gasteiger charge is -2.09. The Hall–Kier alpha value is -1.81. The van der Waals surface area contributed by atoms with E-state index >= 15 is 0 Å². The van der Waals surface area contributed by atoms with Crippen molar-refractivity contribution < 1.29 is 9.15 Å². The van der Waals surface area contributed by atoms with E-state index in [4.69, 9.17) is 9.15 Å². The first-order valence-corrected chi connectivity index (χ1v) is 6.01. The van der Waals surface area contributed by atoms with Crippen molar-refractivity contribution in [3.05, 3.63) is 36.4 Å². The van der Waals surface area contributed by atoms with E-state index in [9.17, 15) is 0 Å². The van der Waals surface area contributed by atoms with Gasteiger partial charge < -0.3 is 14.5 Å². The van der Waals surface area contributed by atoms with Crippen LogP contribution in [0.15, 0.2) is 35.1 Å². The lowest BCUT2D eigenvalue weighted by molar-refractivity contribution is 0.414. The second kappa shape index (κ2) is 5.69. The van der Waals surface area contributed by atoms with Crippen LogP contribution in [0.3, 0.4) is 0 Å². The molecule has 0 aliphatic carbocycles. The van der Waals surface area contributed by atoms with Crippen molar-refractivity contribution in [2.75, 3.05) is 7.11 Å². The molecule has 0 saturated carbocycles. The molecule has 1 aromatic carbocycles. The molecule has 4 nitrogen and oxygen atoms in total. The number of methoxy groups -OCH3 is 1. The summed E-state index contributed by atoms with van der Waals surface area (Å²) in [6.07, 6.45) is 1.47. The summed E-state index contributed by atoms with van der Waals surface area (Å²) in [6.45, 7) is 4.88. The molecule has 0 amide bonds. The van der Waals surface area contributed by atoms with Crippen molar-refractivity contribution in [1.29, 1.82) is 0 Å². The monoisotopic (exact) mass is 246 g/mol. The van der Waals surface area contributed by atoms with Crippen molar-refractivity contribution >= 4 is 0 Å². The number of aromatic nitrogens is 1. The van der Waals surface area contributed by atoms with Gasteiger partial charge in [-0.05, 0) is 12.1 Å². The smallest absolute Gasteiger partial charge is 0.181 e. The van der Waals surface area contributed by atoms with Crippen LogP contribution >= 0.6 is 0 Å². The summed E-state index contributed by atoms with van der Waals surface area (Å²) in [7, 11) is 1.65. The quantitative estimate of drug-likeness (QED) is 0.881. The molecule has 0 aliphatic rings. The van der Waals surface area contributed by atoms with Crippen LogP contribution in [-0.4, -0.2) is 18.1 Å². The fraction of sp³-hybridized carbons (Fsp3) is 0.357. The van der Waals surface area contributed by atoms with Crippen LogP contribution in [0.5, 0.6) is 5.75 Å². The van der Waals surface area contributed by atoms with E-state index in [2.05, 4.69) is 24.1 Å². The molecule has 0 fully saturated rings. The van der Waals surface area contributed by atoms with Gasteiger partial charge >= 0.3 is 0 Å². The van der Waals surface area contributed by atoms with Crippen molar-refractivity contribution in [3.63, 3.8) is 0 Å². The third kappa shape index (κ3) is 2.71. The van der Waals surface area contributed by atoms with E-state index in [1.165, 1.54) is 6.39 Å². The Kier molecular flexibility index (Phi) is 3.99. The number of nitrogens with zero attached hydrogens (tertiary/aromatic N) is 1. The molecule has 2 rings (SSSR count). The summed E-state index contributed by atoms with van der Waals surface area (Å²) < 4.78 is 10.8. The van der Waals surface area contributed by atoms with Gasteiger partial charge in [0.2, 0.25) is 0 Å². The summed E-state index contributed by atoms with van der Waals surface area (Å²) in [6, 6.07) is 8.19. The highest BCUT2D eigenvalue weighted by Crippen LogP contribution is 2.31. The number of hydrogen-bond acceptors (Lipinski definition) is 4. The highest BCUT2D eigenvalue weighted by atomic mass is 16.5. The third-order valence-corrected chi connectivity index (χ3v) is 2.67. The van der Waals surface area contributed by atoms with Gasteiger partial charge in [0.15, 0.2) is 12.2 Å². The molecule has 4 heteroatoms. The zero-order valence-corrected chi connectivity index (χ0v) is 10.9. The van der Waals surface area contributed by atoms with E-state index in [0.29, 0.717) is 12.6 Å². The number of nitrogens with one attached hydrogen (secondary N) is 1. The number of para-hydroxylation sites is 1. The van der Waals surface area contributed by atoms with Gasteiger partial charge in [0.05, 0.1) is 12.7 Å². The number of ether oxygens (including phenoxy) is 1. The Morgan fingerprint density at radius 2 is 2.11 bits per heavy atom. The fourth-order valence-corrected chi connectivity index (χ4v) is 1.75. The van der Waals surface area contributed by atoms with Crippen LogP contribution in [-0.2, 0) is 6.54 Å². The first-order valence-electron chi connectivity index (χ1n) is 6.01. The van der Waals surface area contributed by atoms with E-state index in [0.717, 1.165) is 22.8 Å². The first kappa shape index (κ1) is 12.6. The molecule has 2 aromatic rings. The third-order valence-electron chi connectivity index (χ3n) is 2.67. The van der Waals surface area contributed by atoms with Gasteiger partial charge in [-0.1, -0.05) is 26.0 Å². The van der Waals surface area contributed by atoms with Crippen LogP contribution in [0.25, 0.3) is 11.3 Å². The molecule has 1 aromatic heterocycles. The van der Waals surface area contributed by atoms with Gasteiger partial charge in [0, 0.05) is 12.6 Å². The second-order valence-corrected chi connectivity index (χ2v) is 4.36. The lowest BCUT2D eigenvalue weighted by atomic mass is 10.1. The highest BCUT2D eigenvalue weighted by Gasteiger charge is 2.14. The Labute approximate surface area is 107 Å². The van der Waals surface area contributed by atoms with Gasteiger partial charge in [-0.15, -0.1) is 0 Å². The molecule has 0 radical (unpaired) electrons. The number of rotatable bonds is 5. The first-order chi connectivity index (χ1) is 8.72. The summed E-state index contributed by atoms with van der Waals surface area (Å²) in [4.78, 5) is 4.26. The summed E-state index contributed by atoms with van der Waals surface area (Å²) in [5.41, 5.74) is 1.83. The van der Waals surface area contributed by atoms with Crippen LogP contribution in [0, 0.1) is 0 Å². The Morgan fingerprint density at radius 3 is 2.83 bits per heavy atom. The zero-order chi connectivity index (χ0) is 13.0. The number of oxazole rings is 1. The van der Waals surface area contributed by atoms with Gasteiger partial charge in [0.25, 0.3) is 0 Å². The maximum Gasteiger partial charge on any atom is 0.181 e. The molecule has 0 atom stereocenters. The predicted octanol–water partition coefficient (Wildman–Crippen LogP) is 2.85. The fourth-order valence-electron chi connectivity index (χ4n) is 1.75. The van der Waals surface area contributed by atoms with Gasteiger partial charge in [0.1, 0.15) is 11.4 Å². The normalized spacial score (nSPS) is 10.9. The average Bonchev–Trinajstić information content (AvgIpc) is 2.84. The largest absolute Gasteiger partial charge is 0.496 e. The SMILES string of the molecule is COc1ccccc1-c1ocnc1CNC(C)C. The topological polar surface area (TPSA) is 47.3 Å². The zero-order valence-electron chi connectivity index (χ0n) is 10.9. The molecule has 0 bridgehead atoms. The van der Waals surface area contributed by atoms with E-state index in [-0.39, 0.29) is 0 Å². The number of hydrogen-bond donors (Lipinski definition) is 1. The molecule has 1 N–H and O–H groups in total. The van der Waals surface area contributed by atoms with E-state index in [1.54, 1.807) is 7.11 Å². The molecule has 0 unspecified atom stereocenters. The molecule has 1 heterocycles.